The van der Waals surface area contributed by atoms with Gasteiger partial charge < -0.3 is 15.2 Å². The fourth-order valence-electron chi connectivity index (χ4n) is 2.34. The van der Waals surface area contributed by atoms with Gasteiger partial charge in [-0.3, -0.25) is 4.98 Å². The molecule has 0 radical (unpaired) electrons. The topological polar surface area (TPSA) is 71.5 Å². The number of aromatic nitrogens is 1. The van der Waals surface area contributed by atoms with Gasteiger partial charge in [0, 0.05) is 31.5 Å². The van der Waals surface area contributed by atoms with E-state index < -0.39 is 5.97 Å². The molecule has 2 unspecified atom stereocenters. The van der Waals surface area contributed by atoms with Crippen molar-refractivity contribution in [2.75, 3.05) is 18.5 Å². The van der Waals surface area contributed by atoms with Crippen molar-refractivity contribution in [1.29, 1.82) is 0 Å². The first-order chi connectivity index (χ1) is 8.72. The number of aromatic carboxylic acids is 1. The zero-order valence-corrected chi connectivity index (χ0v) is 10.4. The van der Waals surface area contributed by atoms with Gasteiger partial charge in [0.1, 0.15) is 5.56 Å². The summed E-state index contributed by atoms with van der Waals surface area (Å²) in [6.07, 6.45) is 5.27. The molecule has 1 aromatic heterocycles. The van der Waals surface area contributed by atoms with Crippen LogP contribution in [0.15, 0.2) is 18.5 Å². The Morgan fingerprint density at radius 1 is 1.67 bits per heavy atom. The fraction of sp³-hybridized carbons (Fsp3) is 0.538. The third-order valence-corrected chi connectivity index (χ3v) is 3.35. The second-order valence-electron chi connectivity index (χ2n) is 4.47. The largest absolute Gasteiger partial charge is 0.478 e. The highest BCUT2D eigenvalue weighted by Crippen LogP contribution is 2.24. The van der Waals surface area contributed by atoms with E-state index in [4.69, 9.17) is 9.84 Å². The SMILES string of the molecule is CCC1OCCC1CNc1ccncc1C(=O)O. The smallest absolute Gasteiger partial charge is 0.339 e. The lowest BCUT2D eigenvalue weighted by Crippen LogP contribution is -2.23. The molecule has 1 aromatic rings. The highest BCUT2D eigenvalue weighted by Gasteiger charge is 2.26. The van der Waals surface area contributed by atoms with E-state index in [9.17, 15) is 4.79 Å². The Balaban J connectivity index is 2.00. The maximum Gasteiger partial charge on any atom is 0.339 e. The predicted molar refractivity (Wildman–Crippen MR) is 67.8 cm³/mol. The molecule has 0 aliphatic carbocycles. The maximum atomic E-state index is 11.0. The van der Waals surface area contributed by atoms with E-state index in [0.717, 1.165) is 26.0 Å². The summed E-state index contributed by atoms with van der Waals surface area (Å²) in [6, 6.07) is 1.69. The van der Waals surface area contributed by atoms with Crippen molar-refractivity contribution in [1.82, 2.24) is 4.98 Å². The summed E-state index contributed by atoms with van der Waals surface area (Å²) in [5.74, 6) is -0.509. The standard InChI is InChI=1S/C13H18N2O3/c1-2-12-9(4-6-18-12)7-15-11-3-5-14-8-10(11)13(16)17/h3,5,8-9,12H,2,4,6-7H2,1H3,(H,14,15)(H,16,17). The van der Waals surface area contributed by atoms with Crippen molar-refractivity contribution >= 4 is 11.7 Å². The predicted octanol–water partition coefficient (Wildman–Crippen LogP) is 2.01. The van der Waals surface area contributed by atoms with Crippen LogP contribution in [0, 0.1) is 5.92 Å². The van der Waals surface area contributed by atoms with Gasteiger partial charge in [-0.2, -0.15) is 0 Å². The second kappa shape index (κ2) is 5.82. The van der Waals surface area contributed by atoms with Gasteiger partial charge in [-0.1, -0.05) is 6.92 Å². The third kappa shape index (κ3) is 2.79. The van der Waals surface area contributed by atoms with Crippen molar-refractivity contribution in [3.63, 3.8) is 0 Å². The molecule has 1 saturated heterocycles. The minimum Gasteiger partial charge on any atom is -0.478 e. The minimum absolute atomic E-state index is 0.212. The molecule has 1 aliphatic heterocycles. The molecule has 0 saturated carbocycles. The summed E-state index contributed by atoms with van der Waals surface area (Å²) in [7, 11) is 0. The number of nitrogens with zero attached hydrogens (tertiary/aromatic N) is 1. The van der Waals surface area contributed by atoms with Crippen LogP contribution in [0.2, 0.25) is 0 Å². The van der Waals surface area contributed by atoms with Crippen LogP contribution in [0.25, 0.3) is 0 Å². The van der Waals surface area contributed by atoms with Gasteiger partial charge in [0.25, 0.3) is 0 Å². The Bertz CT molecular complexity index is 422. The molecule has 2 heterocycles. The number of rotatable bonds is 5. The summed E-state index contributed by atoms with van der Waals surface area (Å²) in [5.41, 5.74) is 0.837. The molecule has 0 bridgehead atoms. The molecule has 18 heavy (non-hydrogen) atoms. The van der Waals surface area contributed by atoms with Gasteiger partial charge in [0.2, 0.25) is 0 Å². The maximum absolute atomic E-state index is 11.0. The zero-order chi connectivity index (χ0) is 13.0. The molecule has 5 nitrogen and oxygen atoms in total. The summed E-state index contributed by atoms with van der Waals surface area (Å²) in [6.45, 7) is 3.65. The lowest BCUT2D eigenvalue weighted by molar-refractivity contribution is 0.0697. The quantitative estimate of drug-likeness (QED) is 0.836. The van der Waals surface area contributed by atoms with Gasteiger partial charge in [0.15, 0.2) is 0 Å². The van der Waals surface area contributed by atoms with Crippen LogP contribution in [0.3, 0.4) is 0 Å². The van der Waals surface area contributed by atoms with Crippen LogP contribution in [0.5, 0.6) is 0 Å². The number of ether oxygens (including phenoxy) is 1. The lowest BCUT2D eigenvalue weighted by atomic mass is 9.99. The van der Waals surface area contributed by atoms with Crippen LogP contribution in [0.4, 0.5) is 5.69 Å². The Hall–Kier alpha value is -1.62. The fourth-order valence-corrected chi connectivity index (χ4v) is 2.34. The molecule has 1 fully saturated rings. The van der Waals surface area contributed by atoms with Gasteiger partial charge >= 0.3 is 5.97 Å². The van der Waals surface area contributed by atoms with Crippen LogP contribution in [-0.4, -0.2) is 35.3 Å². The number of nitrogens with one attached hydrogen (secondary N) is 1. The first-order valence-corrected chi connectivity index (χ1v) is 6.25. The molecule has 0 amide bonds. The van der Waals surface area contributed by atoms with Crippen molar-refractivity contribution in [2.24, 2.45) is 5.92 Å². The first kappa shape index (κ1) is 12.8. The molecule has 2 N–H and O–H groups in total. The van der Waals surface area contributed by atoms with Gasteiger partial charge in [-0.15, -0.1) is 0 Å². The number of hydrogen-bond donors (Lipinski definition) is 2. The second-order valence-corrected chi connectivity index (χ2v) is 4.47. The molecule has 2 rings (SSSR count). The molecular weight excluding hydrogens is 232 g/mol. The van der Waals surface area contributed by atoms with Crippen LogP contribution >= 0.6 is 0 Å². The Morgan fingerprint density at radius 2 is 2.50 bits per heavy atom. The number of anilines is 1. The summed E-state index contributed by atoms with van der Waals surface area (Å²) < 4.78 is 5.61. The average Bonchev–Trinajstić information content (AvgIpc) is 2.84. The van der Waals surface area contributed by atoms with Gasteiger partial charge in [0.05, 0.1) is 11.8 Å². The molecule has 5 heteroatoms. The summed E-state index contributed by atoms with van der Waals surface area (Å²) >= 11 is 0. The summed E-state index contributed by atoms with van der Waals surface area (Å²) in [4.78, 5) is 14.9. The monoisotopic (exact) mass is 250 g/mol. The number of carbonyl (C=O) groups is 1. The first-order valence-electron chi connectivity index (χ1n) is 6.25. The van der Waals surface area contributed by atoms with E-state index in [2.05, 4.69) is 17.2 Å². The normalized spacial score (nSPS) is 22.9. The molecular formula is C13H18N2O3. The minimum atomic E-state index is -0.958. The van der Waals surface area contributed by atoms with E-state index in [-0.39, 0.29) is 11.7 Å². The van der Waals surface area contributed by atoms with Crippen molar-refractivity contribution in [2.45, 2.75) is 25.9 Å². The van der Waals surface area contributed by atoms with E-state index in [1.807, 2.05) is 0 Å². The Kier molecular flexibility index (Phi) is 4.15. The van der Waals surface area contributed by atoms with Crippen molar-refractivity contribution in [3.8, 4) is 0 Å². The molecule has 1 aliphatic rings. The van der Waals surface area contributed by atoms with Crippen molar-refractivity contribution in [3.05, 3.63) is 24.0 Å². The summed E-state index contributed by atoms with van der Waals surface area (Å²) in [5, 5.41) is 12.3. The number of carboxylic acid groups (broad SMARTS) is 1. The molecule has 0 spiro atoms. The number of pyridine rings is 1. The van der Waals surface area contributed by atoms with Crippen LogP contribution in [0.1, 0.15) is 30.1 Å². The van der Waals surface area contributed by atoms with Crippen LogP contribution < -0.4 is 5.32 Å². The van der Waals surface area contributed by atoms with E-state index in [1.165, 1.54) is 6.20 Å². The molecule has 2 atom stereocenters. The van der Waals surface area contributed by atoms with Gasteiger partial charge in [-0.05, 0) is 18.9 Å². The third-order valence-electron chi connectivity index (χ3n) is 3.35. The van der Waals surface area contributed by atoms with E-state index in [0.29, 0.717) is 11.6 Å². The highest BCUT2D eigenvalue weighted by molar-refractivity contribution is 5.93. The lowest BCUT2D eigenvalue weighted by Gasteiger charge is -2.18. The highest BCUT2D eigenvalue weighted by atomic mass is 16.5. The van der Waals surface area contributed by atoms with E-state index >= 15 is 0 Å². The number of carboxylic acids is 1. The van der Waals surface area contributed by atoms with Crippen LogP contribution in [-0.2, 0) is 4.74 Å². The molecule has 0 aromatic carbocycles. The Morgan fingerprint density at radius 3 is 3.22 bits per heavy atom. The van der Waals surface area contributed by atoms with Crippen molar-refractivity contribution < 1.29 is 14.6 Å². The molecule has 98 valence electrons. The Labute approximate surface area is 106 Å². The number of hydrogen-bond acceptors (Lipinski definition) is 4. The van der Waals surface area contributed by atoms with E-state index in [1.54, 1.807) is 12.3 Å². The zero-order valence-electron chi connectivity index (χ0n) is 10.4. The van der Waals surface area contributed by atoms with Gasteiger partial charge in [-0.25, -0.2) is 4.79 Å². The average molecular weight is 250 g/mol.